The fourth-order valence-electron chi connectivity index (χ4n) is 1.68. The number of aliphatic imine (C=N–C) groups is 1. The van der Waals surface area contributed by atoms with E-state index in [-0.39, 0.29) is 0 Å². The molecule has 2 N–H and O–H groups in total. The summed E-state index contributed by atoms with van der Waals surface area (Å²) in [5, 5.41) is 15.3. The van der Waals surface area contributed by atoms with Gasteiger partial charge in [-0.25, -0.2) is 0 Å². The van der Waals surface area contributed by atoms with Crippen LogP contribution in [0.25, 0.3) is 0 Å². The summed E-state index contributed by atoms with van der Waals surface area (Å²) in [7, 11) is 1.74. The summed E-state index contributed by atoms with van der Waals surface area (Å²) in [6.45, 7) is 4.95. The molecular formula is C15H22N4O. The van der Waals surface area contributed by atoms with Crippen LogP contribution in [0, 0.1) is 11.3 Å². The van der Waals surface area contributed by atoms with Crippen molar-refractivity contribution in [2.45, 2.75) is 19.9 Å². The van der Waals surface area contributed by atoms with Crippen molar-refractivity contribution < 1.29 is 4.74 Å². The number of guanidine groups is 1. The van der Waals surface area contributed by atoms with Crippen LogP contribution in [0.1, 0.15) is 24.5 Å². The summed E-state index contributed by atoms with van der Waals surface area (Å²) in [5.41, 5.74) is 1.73. The molecule has 5 heteroatoms. The topological polar surface area (TPSA) is 69.4 Å². The lowest BCUT2D eigenvalue weighted by molar-refractivity contribution is 0.145. The molecule has 0 heterocycles. The van der Waals surface area contributed by atoms with Crippen molar-refractivity contribution in [2.24, 2.45) is 4.99 Å². The van der Waals surface area contributed by atoms with Crippen molar-refractivity contribution in [3.63, 3.8) is 0 Å². The lowest BCUT2D eigenvalue weighted by Gasteiger charge is -2.12. The number of nitrogens with zero attached hydrogens (tertiary/aromatic N) is 2. The van der Waals surface area contributed by atoms with Crippen LogP contribution < -0.4 is 10.6 Å². The Morgan fingerprint density at radius 2 is 2.25 bits per heavy atom. The summed E-state index contributed by atoms with van der Waals surface area (Å²) in [6, 6.07) is 9.67. The first-order chi connectivity index (χ1) is 9.80. The predicted octanol–water partition coefficient (Wildman–Crippen LogP) is 1.65. The Hall–Kier alpha value is -2.06. The van der Waals surface area contributed by atoms with E-state index in [1.54, 1.807) is 13.1 Å². The molecule has 0 atom stereocenters. The molecule has 0 aliphatic heterocycles. The second-order valence-corrected chi connectivity index (χ2v) is 4.22. The maximum absolute atomic E-state index is 8.85. The van der Waals surface area contributed by atoms with E-state index in [2.05, 4.69) is 21.7 Å². The number of nitrogens with one attached hydrogen (secondary N) is 2. The zero-order chi connectivity index (χ0) is 14.6. The average Bonchev–Trinajstić information content (AvgIpc) is 2.50. The van der Waals surface area contributed by atoms with Gasteiger partial charge in [0.15, 0.2) is 5.96 Å². The second kappa shape index (κ2) is 9.82. The average molecular weight is 274 g/mol. The molecule has 108 valence electrons. The zero-order valence-corrected chi connectivity index (χ0v) is 12.1. The van der Waals surface area contributed by atoms with E-state index in [1.807, 2.05) is 25.1 Å². The van der Waals surface area contributed by atoms with Crippen LogP contribution in [-0.2, 0) is 11.3 Å². The van der Waals surface area contributed by atoms with Crippen molar-refractivity contribution in [3.8, 4) is 6.07 Å². The van der Waals surface area contributed by atoms with E-state index >= 15 is 0 Å². The molecule has 0 unspecified atom stereocenters. The molecule has 0 aromatic heterocycles. The fraction of sp³-hybridized carbons (Fsp3) is 0.467. The maximum Gasteiger partial charge on any atom is 0.191 e. The number of hydrogen-bond donors (Lipinski definition) is 2. The third-order valence-corrected chi connectivity index (χ3v) is 2.70. The first-order valence-electron chi connectivity index (χ1n) is 6.81. The smallest absolute Gasteiger partial charge is 0.191 e. The standard InChI is InChI=1S/C15H22N4O/c1-3-20-9-5-8-18-15(17-2)19-12-14-7-4-6-13(10-14)11-16/h4,6-7,10H,3,5,8-9,12H2,1-2H3,(H2,17,18,19). The number of benzene rings is 1. The molecular weight excluding hydrogens is 252 g/mol. The van der Waals surface area contributed by atoms with E-state index in [4.69, 9.17) is 10.00 Å². The van der Waals surface area contributed by atoms with Gasteiger partial charge in [-0.2, -0.15) is 5.26 Å². The number of hydrogen-bond acceptors (Lipinski definition) is 3. The highest BCUT2D eigenvalue weighted by Crippen LogP contribution is 2.03. The lowest BCUT2D eigenvalue weighted by atomic mass is 10.1. The summed E-state index contributed by atoms with van der Waals surface area (Å²) >= 11 is 0. The van der Waals surface area contributed by atoms with Crippen LogP contribution in [0.4, 0.5) is 0 Å². The molecule has 0 amide bonds. The van der Waals surface area contributed by atoms with Gasteiger partial charge in [0.2, 0.25) is 0 Å². The van der Waals surface area contributed by atoms with E-state index in [1.165, 1.54) is 0 Å². The summed E-state index contributed by atoms with van der Waals surface area (Å²) < 4.78 is 5.27. The normalized spacial score (nSPS) is 10.9. The molecule has 1 aromatic rings. The van der Waals surface area contributed by atoms with Gasteiger partial charge in [0.25, 0.3) is 0 Å². The SMILES string of the molecule is CCOCCCNC(=NC)NCc1cccc(C#N)c1. The van der Waals surface area contributed by atoms with Gasteiger partial charge in [-0.05, 0) is 31.0 Å². The highest BCUT2D eigenvalue weighted by Gasteiger charge is 1.99. The maximum atomic E-state index is 8.85. The number of rotatable bonds is 7. The molecule has 0 saturated carbocycles. The highest BCUT2D eigenvalue weighted by molar-refractivity contribution is 5.79. The van der Waals surface area contributed by atoms with Crippen LogP contribution in [0.15, 0.2) is 29.3 Å². The first kappa shape index (κ1) is 16.0. The van der Waals surface area contributed by atoms with Crippen LogP contribution in [0.3, 0.4) is 0 Å². The Morgan fingerprint density at radius 3 is 2.95 bits per heavy atom. The molecule has 0 bridgehead atoms. The minimum absolute atomic E-state index is 0.640. The summed E-state index contributed by atoms with van der Waals surface area (Å²) in [6.07, 6.45) is 0.943. The molecule has 0 saturated heterocycles. The number of ether oxygens (including phenoxy) is 1. The first-order valence-corrected chi connectivity index (χ1v) is 6.81. The summed E-state index contributed by atoms with van der Waals surface area (Å²) in [4.78, 5) is 4.15. The van der Waals surface area contributed by atoms with Gasteiger partial charge in [0.1, 0.15) is 0 Å². The van der Waals surface area contributed by atoms with Crippen LogP contribution in [0.2, 0.25) is 0 Å². The zero-order valence-electron chi connectivity index (χ0n) is 12.1. The Balaban J connectivity index is 2.32. The quantitative estimate of drug-likeness (QED) is 0.450. The Morgan fingerprint density at radius 1 is 1.40 bits per heavy atom. The Kier molecular flexibility index (Phi) is 7.85. The third-order valence-electron chi connectivity index (χ3n) is 2.70. The van der Waals surface area contributed by atoms with Gasteiger partial charge in [0.05, 0.1) is 11.6 Å². The van der Waals surface area contributed by atoms with Gasteiger partial charge in [-0.1, -0.05) is 12.1 Å². The summed E-state index contributed by atoms with van der Waals surface area (Å²) in [5.74, 6) is 0.754. The van der Waals surface area contributed by atoms with E-state index in [0.717, 1.165) is 37.7 Å². The minimum atomic E-state index is 0.640. The monoisotopic (exact) mass is 274 g/mol. The van der Waals surface area contributed by atoms with Gasteiger partial charge >= 0.3 is 0 Å². The highest BCUT2D eigenvalue weighted by atomic mass is 16.5. The minimum Gasteiger partial charge on any atom is -0.382 e. The molecule has 0 spiro atoms. The molecule has 20 heavy (non-hydrogen) atoms. The molecule has 5 nitrogen and oxygen atoms in total. The van der Waals surface area contributed by atoms with E-state index in [0.29, 0.717) is 12.1 Å². The number of nitriles is 1. The van der Waals surface area contributed by atoms with Crippen molar-refractivity contribution in [1.29, 1.82) is 5.26 Å². The van der Waals surface area contributed by atoms with Crippen LogP contribution >= 0.6 is 0 Å². The second-order valence-electron chi connectivity index (χ2n) is 4.22. The fourth-order valence-corrected chi connectivity index (χ4v) is 1.68. The van der Waals surface area contributed by atoms with E-state index < -0.39 is 0 Å². The Labute approximate surface area is 120 Å². The molecule has 0 aliphatic carbocycles. The molecule has 1 rings (SSSR count). The predicted molar refractivity (Wildman–Crippen MR) is 80.5 cm³/mol. The Bertz CT molecular complexity index is 465. The van der Waals surface area contributed by atoms with Crippen LogP contribution in [-0.4, -0.2) is 32.8 Å². The lowest BCUT2D eigenvalue weighted by Crippen LogP contribution is -2.37. The van der Waals surface area contributed by atoms with Gasteiger partial charge in [-0.3, -0.25) is 4.99 Å². The molecule has 1 aromatic carbocycles. The van der Waals surface area contributed by atoms with Gasteiger partial charge in [0, 0.05) is 33.4 Å². The van der Waals surface area contributed by atoms with Crippen LogP contribution in [0.5, 0.6) is 0 Å². The molecule has 0 aliphatic rings. The molecule has 0 fully saturated rings. The van der Waals surface area contributed by atoms with Crippen molar-refractivity contribution in [2.75, 3.05) is 26.8 Å². The van der Waals surface area contributed by atoms with E-state index in [9.17, 15) is 0 Å². The molecule has 0 radical (unpaired) electrons. The van der Waals surface area contributed by atoms with Crippen molar-refractivity contribution in [1.82, 2.24) is 10.6 Å². The largest absolute Gasteiger partial charge is 0.382 e. The van der Waals surface area contributed by atoms with Gasteiger partial charge in [-0.15, -0.1) is 0 Å². The van der Waals surface area contributed by atoms with Crippen molar-refractivity contribution >= 4 is 5.96 Å². The van der Waals surface area contributed by atoms with Crippen molar-refractivity contribution in [3.05, 3.63) is 35.4 Å². The third kappa shape index (κ3) is 6.21. The van der Waals surface area contributed by atoms with Gasteiger partial charge < -0.3 is 15.4 Å².